The number of guanidine groups is 1. The number of para-hydroxylation sites is 1. The maximum absolute atomic E-state index is 4.42. The lowest BCUT2D eigenvalue weighted by molar-refractivity contribution is 0.700. The Bertz CT molecular complexity index is 618. The number of hydrogen-bond acceptors (Lipinski definition) is 3. The number of benzene rings is 1. The normalized spacial score (nSPS) is 14.2. The molecule has 114 valence electrons. The number of H-pyrrole nitrogens is 1. The third kappa shape index (κ3) is 3.70. The summed E-state index contributed by atoms with van der Waals surface area (Å²) in [5.41, 5.74) is 4.05. The SMILES string of the molecule is CCc1cccc2c(CCNC3=NCCCN3)c[nH]c12.I. The molecule has 3 N–H and O–H groups in total. The summed E-state index contributed by atoms with van der Waals surface area (Å²) < 4.78 is 0. The third-order valence-electron chi connectivity index (χ3n) is 3.85. The van der Waals surface area contributed by atoms with E-state index in [0.717, 1.165) is 44.9 Å². The van der Waals surface area contributed by atoms with Gasteiger partial charge in [-0.15, -0.1) is 24.0 Å². The summed E-state index contributed by atoms with van der Waals surface area (Å²) in [6, 6.07) is 6.55. The zero-order valence-corrected chi connectivity index (χ0v) is 14.7. The second-order valence-electron chi connectivity index (χ2n) is 5.19. The molecule has 0 amide bonds. The smallest absolute Gasteiger partial charge is 0.191 e. The van der Waals surface area contributed by atoms with Gasteiger partial charge in [0, 0.05) is 36.7 Å². The van der Waals surface area contributed by atoms with Gasteiger partial charge in [-0.3, -0.25) is 4.99 Å². The van der Waals surface area contributed by atoms with Crippen molar-refractivity contribution in [3.8, 4) is 0 Å². The molecule has 2 heterocycles. The summed E-state index contributed by atoms with van der Waals surface area (Å²) in [4.78, 5) is 7.85. The van der Waals surface area contributed by atoms with Crippen LogP contribution < -0.4 is 10.6 Å². The monoisotopic (exact) mass is 398 g/mol. The van der Waals surface area contributed by atoms with Crippen LogP contribution in [0.5, 0.6) is 0 Å². The molecule has 0 bridgehead atoms. The highest BCUT2D eigenvalue weighted by Gasteiger charge is 2.07. The van der Waals surface area contributed by atoms with Crippen molar-refractivity contribution in [1.82, 2.24) is 15.6 Å². The molecule has 21 heavy (non-hydrogen) atoms. The van der Waals surface area contributed by atoms with Crippen molar-refractivity contribution in [2.75, 3.05) is 19.6 Å². The molecular formula is C16H23IN4. The van der Waals surface area contributed by atoms with Crippen LogP contribution in [0.4, 0.5) is 0 Å². The van der Waals surface area contributed by atoms with Crippen LogP contribution in [-0.2, 0) is 12.8 Å². The highest BCUT2D eigenvalue weighted by atomic mass is 127. The molecule has 0 radical (unpaired) electrons. The van der Waals surface area contributed by atoms with Crippen LogP contribution in [0.1, 0.15) is 24.5 Å². The number of halogens is 1. The highest BCUT2D eigenvalue weighted by molar-refractivity contribution is 14.0. The zero-order valence-electron chi connectivity index (χ0n) is 12.4. The minimum atomic E-state index is 0. The second-order valence-corrected chi connectivity index (χ2v) is 5.19. The van der Waals surface area contributed by atoms with Gasteiger partial charge in [-0.1, -0.05) is 25.1 Å². The fourth-order valence-electron chi connectivity index (χ4n) is 2.74. The number of fused-ring (bicyclic) bond motifs is 1. The van der Waals surface area contributed by atoms with E-state index in [2.05, 4.69) is 51.9 Å². The molecule has 0 saturated heterocycles. The number of aromatic amines is 1. The quantitative estimate of drug-likeness (QED) is 0.694. The van der Waals surface area contributed by atoms with Gasteiger partial charge in [0.15, 0.2) is 5.96 Å². The van der Waals surface area contributed by atoms with E-state index in [1.807, 2.05) is 0 Å². The Morgan fingerprint density at radius 1 is 1.29 bits per heavy atom. The summed E-state index contributed by atoms with van der Waals surface area (Å²) in [5, 5.41) is 8.02. The molecule has 1 aromatic carbocycles. The van der Waals surface area contributed by atoms with Gasteiger partial charge in [0.25, 0.3) is 0 Å². The van der Waals surface area contributed by atoms with Crippen molar-refractivity contribution in [3.05, 3.63) is 35.5 Å². The first-order valence-corrected chi connectivity index (χ1v) is 7.48. The van der Waals surface area contributed by atoms with Crippen LogP contribution in [-0.4, -0.2) is 30.6 Å². The molecule has 0 saturated carbocycles. The molecular weight excluding hydrogens is 375 g/mol. The Morgan fingerprint density at radius 2 is 2.19 bits per heavy atom. The van der Waals surface area contributed by atoms with Gasteiger partial charge in [0.05, 0.1) is 0 Å². The first kappa shape index (κ1) is 16.1. The van der Waals surface area contributed by atoms with Crippen molar-refractivity contribution in [2.24, 2.45) is 4.99 Å². The van der Waals surface area contributed by atoms with Crippen LogP contribution in [0, 0.1) is 0 Å². The average Bonchev–Trinajstić information content (AvgIpc) is 2.92. The largest absolute Gasteiger partial charge is 0.361 e. The highest BCUT2D eigenvalue weighted by Crippen LogP contribution is 2.22. The number of aliphatic imine (C=N–C) groups is 1. The molecule has 1 aliphatic rings. The van der Waals surface area contributed by atoms with E-state index in [1.54, 1.807) is 0 Å². The second kappa shape index (κ2) is 7.68. The van der Waals surface area contributed by atoms with Gasteiger partial charge in [-0.2, -0.15) is 0 Å². The molecule has 0 atom stereocenters. The van der Waals surface area contributed by atoms with Crippen molar-refractivity contribution < 1.29 is 0 Å². The van der Waals surface area contributed by atoms with Crippen LogP contribution in [0.25, 0.3) is 10.9 Å². The van der Waals surface area contributed by atoms with Gasteiger partial charge in [0.1, 0.15) is 0 Å². The maximum atomic E-state index is 4.42. The molecule has 0 spiro atoms. The minimum Gasteiger partial charge on any atom is -0.361 e. The molecule has 4 nitrogen and oxygen atoms in total. The van der Waals surface area contributed by atoms with Gasteiger partial charge >= 0.3 is 0 Å². The Hall–Kier alpha value is -1.24. The minimum absolute atomic E-state index is 0. The summed E-state index contributed by atoms with van der Waals surface area (Å²) in [5.74, 6) is 0.949. The van der Waals surface area contributed by atoms with Gasteiger partial charge in [-0.05, 0) is 30.4 Å². The standard InChI is InChI=1S/C16H22N4.HI/c1-2-12-5-3-6-14-13(11-20-15(12)14)7-10-19-16-17-8-4-9-18-16;/h3,5-6,11,20H,2,4,7-10H2,1H3,(H2,17,18,19);1H. The lowest BCUT2D eigenvalue weighted by Crippen LogP contribution is -2.41. The summed E-state index contributed by atoms with van der Waals surface area (Å²) in [7, 11) is 0. The van der Waals surface area contributed by atoms with E-state index in [1.165, 1.54) is 22.0 Å². The van der Waals surface area contributed by atoms with Gasteiger partial charge in [0.2, 0.25) is 0 Å². The van der Waals surface area contributed by atoms with Gasteiger partial charge < -0.3 is 15.6 Å². The molecule has 3 rings (SSSR count). The molecule has 0 unspecified atom stereocenters. The van der Waals surface area contributed by atoms with Gasteiger partial charge in [-0.25, -0.2) is 0 Å². The average molecular weight is 398 g/mol. The van der Waals surface area contributed by atoms with Crippen molar-refractivity contribution in [1.29, 1.82) is 0 Å². The Balaban J connectivity index is 0.00000161. The van der Waals surface area contributed by atoms with Crippen molar-refractivity contribution in [3.63, 3.8) is 0 Å². The first-order valence-electron chi connectivity index (χ1n) is 7.48. The Kier molecular flexibility index (Phi) is 5.90. The molecule has 0 fully saturated rings. The predicted molar refractivity (Wildman–Crippen MR) is 99.7 cm³/mol. The molecule has 1 aliphatic heterocycles. The molecule has 0 aliphatic carbocycles. The molecule has 2 aromatic rings. The fraction of sp³-hybridized carbons (Fsp3) is 0.438. The molecule has 1 aromatic heterocycles. The summed E-state index contributed by atoms with van der Waals surface area (Å²) >= 11 is 0. The topological polar surface area (TPSA) is 52.2 Å². The number of aromatic nitrogens is 1. The van der Waals surface area contributed by atoms with Crippen LogP contribution in [0.2, 0.25) is 0 Å². The maximum Gasteiger partial charge on any atom is 0.191 e. The Morgan fingerprint density at radius 3 is 2.95 bits per heavy atom. The number of aryl methyl sites for hydroxylation is 1. The number of nitrogens with one attached hydrogen (secondary N) is 3. The van der Waals surface area contributed by atoms with E-state index in [-0.39, 0.29) is 24.0 Å². The number of nitrogens with zero attached hydrogens (tertiary/aromatic N) is 1. The predicted octanol–water partition coefficient (Wildman–Crippen LogP) is 2.83. The van der Waals surface area contributed by atoms with E-state index in [0.29, 0.717) is 0 Å². The lowest BCUT2D eigenvalue weighted by Gasteiger charge is -2.15. The van der Waals surface area contributed by atoms with E-state index < -0.39 is 0 Å². The summed E-state index contributed by atoms with van der Waals surface area (Å²) in [6.45, 7) is 5.07. The first-order chi connectivity index (χ1) is 9.88. The number of rotatable bonds is 4. The van der Waals surface area contributed by atoms with Crippen LogP contribution in [0.15, 0.2) is 29.4 Å². The Labute approximate surface area is 142 Å². The third-order valence-corrected chi connectivity index (χ3v) is 3.85. The number of hydrogen-bond donors (Lipinski definition) is 3. The fourth-order valence-corrected chi connectivity index (χ4v) is 2.74. The van der Waals surface area contributed by atoms with Crippen LogP contribution in [0.3, 0.4) is 0 Å². The van der Waals surface area contributed by atoms with Crippen LogP contribution >= 0.6 is 24.0 Å². The summed E-state index contributed by atoms with van der Waals surface area (Å²) in [6.07, 6.45) is 5.35. The molecule has 5 heteroatoms. The van der Waals surface area contributed by atoms with E-state index in [9.17, 15) is 0 Å². The van der Waals surface area contributed by atoms with E-state index >= 15 is 0 Å². The lowest BCUT2D eigenvalue weighted by atomic mass is 10.1. The van der Waals surface area contributed by atoms with Crippen molar-refractivity contribution >= 4 is 40.8 Å². The van der Waals surface area contributed by atoms with Crippen molar-refractivity contribution in [2.45, 2.75) is 26.2 Å². The van der Waals surface area contributed by atoms with E-state index in [4.69, 9.17) is 0 Å². The zero-order chi connectivity index (χ0) is 13.8.